The van der Waals surface area contributed by atoms with Crippen molar-refractivity contribution in [1.82, 2.24) is 30.0 Å². The van der Waals surface area contributed by atoms with Gasteiger partial charge in [-0.3, -0.25) is 19.3 Å². The smallest absolute Gasteiger partial charge is 0.303 e. The molecule has 2 aliphatic heterocycles. The molecule has 0 bridgehead atoms. The SMILES string of the molecule is [C-]#[N+]CC(=O)N1CCC(c2nc(Nc3ccc(CN4CCC(CC(=O)O)CC4)cc3)c3c(=O)[nH]ncc3n2)CC1. The maximum atomic E-state index is 12.7. The van der Waals surface area contributed by atoms with Crippen LogP contribution in [0.5, 0.6) is 0 Å². The minimum Gasteiger partial charge on any atom is -0.481 e. The zero-order chi connectivity index (χ0) is 28.1. The lowest BCUT2D eigenvalue weighted by molar-refractivity contribution is -0.138. The van der Waals surface area contributed by atoms with E-state index in [2.05, 4.69) is 30.2 Å². The van der Waals surface area contributed by atoms with Crippen molar-refractivity contribution < 1.29 is 14.7 Å². The summed E-state index contributed by atoms with van der Waals surface area (Å²) in [6.45, 7) is 10.4. The number of H-pyrrole nitrogens is 1. The number of amides is 1. The van der Waals surface area contributed by atoms with E-state index in [0.717, 1.165) is 43.7 Å². The molecule has 2 aliphatic rings. The average molecular weight is 545 g/mol. The van der Waals surface area contributed by atoms with E-state index in [-0.39, 0.29) is 36.3 Å². The van der Waals surface area contributed by atoms with Crippen LogP contribution in [0.4, 0.5) is 11.5 Å². The average Bonchev–Trinajstić information content (AvgIpc) is 2.95. The van der Waals surface area contributed by atoms with Crippen molar-refractivity contribution in [3.63, 3.8) is 0 Å². The lowest BCUT2D eigenvalue weighted by Crippen LogP contribution is -2.39. The van der Waals surface area contributed by atoms with Crippen LogP contribution in [-0.4, -0.2) is 79.7 Å². The summed E-state index contributed by atoms with van der Waals surface area (Å²) >= 11 is 0. The van der Waals surface area contributed by atoms with Crippen molar-refractivity contribution in [2.24, 2.45) is 5.92 Å². The van der Waals surface area contributed by atoms with Gasteiger partial charge in [0.2, 0.25) is 0 Å². The van der Waals surface area contributed by atoms with Gasteiger partial charge in [0.1, 0.15) is 22.5 Å². The number of anilines is 2. The molecular weight excluding hydrogens is 512 g/mol. The largest absolute Gasteiger partial charge is 0.481 e. The maximum absolute atomic E-state index is 12.7. The van der Waals surface area contributed by atoms with Crippen LogP contribution >= 0.6 is 0 Å². The minimum atomic E-state index is -0.724. The van der Waals surface area contributed by atoms with Gasteiger partial charge in [0.15, 0.2) is 0 Å². The van der Waals surface area contributed by atoms with Gasteiger partial charge in [-0.15, -0.1) is 0 Å². The van der Waals surface area contributed by atoms with Crippen LogP contribution in [-0.2, 0) is 16.1 Å². The molecule has 0 unspecified atom stereocenters. The topological polar surface area (TPSA) is 149 Å². The minimum absolute atomic E-state index is 0.0169. The van der Waals surface area contributed by atoms with Crippen molar-refractivity contribution in [3.05, 3.63) is 63.6 Å². The molecule has 3 N–H and O–H groups in total. The van der Waals surface area contributed by atoms with Crippen LogP contribution in [0.15, 0.2) is 35.3 Å². The number of carboxylic acids is 1. The molecule has 4 heterocycles. The number of carboxylic acid groups (broad SMARTS) is 1. The molecule has 0 spiro atoms. The molecule has 5 rings (SSSR count). The highest BCUT2D eigenvalue weighted by Gasteiger charge is 2.28. The highest BCUT2D eigenvalue weighted by Crippen LogP contribution is 2.30. The number of nitrogens with one attached hydrogen (secondary N) is 2. The highest BCUT2D eigenvalue weighted by atomic mass is 16.4. The molecule has 12 heteroatoms. The molecule has 40 heavy (non-hydrogen) atoms. The van der Waals surface area contributed by atoms with Gasteiger partial charge in [0.05, 0.1) is 6.20 Å². The fourth-order valence-electron chi connectivity index (χ4n) is 5.53. The van der Waals surface area contributed by atoms with E-state index in [0.29, 0.717) is 48.5 Å². The lowest BCUT2D eigenvalue weighted by atomic mass is 9.93. The molecule has 0 radical (unpaired) electrons. The summed E-state index contributed by atoms with van der Waals surface area (Å²) in [5.74, 6) is 0.399. The number of aliphatic carboxylic acids is 1. The first-order valence-electron chi connectivity index (χ1n) is 13.6. The Balaban J connectivity index is 1.28. The van der Waals surface area contributed by atoms with E-state index >= 15 is 0 Å². The Morgan fingerprint density at radius 1 is 1.07 bits per heavy atom. The molecule has 1 amide bonds. The number of carbonyl (C=O) groups excluding carboxylic acids is 1. The van der Waals surface area contributed by atoms with Crippen LogP contribution in [0, 0.1) is 12.5 Å². The molecule has 0 aliphatic carbocycles. The number of nitrogens with zero attached hydrogens (tertiary/aromatic N) is 6. The Labute approximate surface area is 231 Å². The van der Waals surface area contributed by atoms with Crippen molar-refractivity contribution in [2.45, 2.75) is 44.6 Å². The summed E-state index contributed by atoms with van der Waals surface area (Å²) in [5, 5.41) is 19.0. The molecular formula is C28H32N8O4. The van der Waals surface area contributed by atoms with Crippen molar-refractivity contribution in [3.8, 4) is 0 Å². The van der Waals surface area contributed by atoms with E-state index in [9.17, 15) is 14.4 Å². The van der Waals surface area contributed by atoms with Gasteiger partial charge in [-0.25, -0.2) is 21.6 Å². The number of aromatic nitrogens is 4. The highest BCUT2D eigenvalue weighted by molar-refractivity contribution is 5.89. The molecule has 2 fully saturated rings. The predicted molar refractivity (Wildman–Crippen MR) is 148 cm³/mol. The Morgan fingerprint density at radius 2 is 1.80 bits per heavy atom. The standard InChI is InChI=1S/C28H32N8O4/c1-29-16-23(37)36-12-8-20(9-13-36)26-32-22-15-30-34-28(40)25(22)27(33-26)31-21-4-2-19(3-5-21)17-35-10-6-18(7-11-35)14-24(38)39/h2-5,15,18,20H,6-14,16-17H2,(H,34,40)(H,38,39)(H,31,32,33). The number of piperidine rings is 2. The third kappa shape index (κ3) is 6.43. The van der Waals surface area contributed by atoms with Gasteiger partial charge in [-0.1, -0.05) is 12.1 Å². The Bertz CT molecular complexity index is 1470. The molecule has 2 aromatic heterocycles. The molecule has 0 saturated carbocycles. The number of hydrogen-bond acceptors (Lipinski definition) is 8. The van der Waals surface area contributed by atoms with Gasteiger partial charge in [-0.05, 0) is 62.4 Å². The van der Waals surface area contributed by atoms with Gasteiger partial charge in [0, 0.05) is 37.7 Å². The number of carbonyl (C=O) groups is 2. The Morgan fingerprint density at radius 3 is 2.48 bits per heavy atom. The first-order valence-corrected chi connectivity index (χ1v) is 13.6. The van der Waals surface area contributed by atoms with Crippen molar-refractivity contribution >= 4 is 34.3 Å². The van der Waals surface area contributed by atoms with Gasteiger partial charge >= 0.3 is 11.9 Å². The maximum Gasteiger partial charge on any atom is 0.303 e. The van der Waals surface area contributed by atoms with Crippen LogP contribution in [0.3, 0.4) is 0 Å². The van der Waals surface area contributed by atoms with Crippen LogP contribution in [0.25, 0.3) is 15.7 Å². The van der Waals surface area contributed by atoms with E-state index in [1.165, 1.54) is 6.20 Å². The fraction of sp³-hybridized carbons (Fsp3) is 0.464. The summed E-state index contributed by atoms with van der Waals surface area (Å²) in [7, 11) is 0. The number of fused-ring (bicyclic) bond motifs is 1. The summed E-state index contributed by atoms with van der Waals surface area (Å²) in [5.41, 5.74) is 2.00. The molecule has 0 atom stereocenters. The third-order valence-electron chi connectivity index (χ3n) is 7.75. The summed E-state index contributed by atoms with van der Waals surface area (Å²) < 4.78 is 0. The van der Waals surface area contributed by atoms with E-state index in [1.54, 1.807) is 4.90 Å². The summed E-state index contributed by atoms with van der Waals surface area (Å²) in [6.07, 6.45) is 4.91. The monoisotopic (exact) mass is 544 g/mol. The van der Waals surface area contributed by atoms with Crippen molar-refractivity contribution in [2.75, 3.05) is 38.0 Å². The summed E-state index contributed by atoms with van der Waals surface area (Å²) in [6, 6.07) is 7.99. The second-order valence-corrected chi connectivity index (χ2v) is 10.5. The van der Waals surface area contributed by atoms with E-state index in [4.69, 9.17) is 16.7 Å². The molecule has 208 valence electrons. The van der Waals surface area contributed by atoms with Gasteiger partial charge in [-0.2, -0.15) is 5.10 Å². The predicted octanol–water partition coefficient (Wildman–Crippen LogP) is 2.77. The molecule has 1 aromatic carbocycles. The fourth-order valence-corrected chi connectivity index (χ4v) is 5.53. The quantitative estimate of drug-likeness (QED) is 0.364. The van der Waals surface area contributed by atoms with Crippen LogP contribution in [0.1, 0.15) is 49.4 Å². The van der Waals surface area contributed by atoms with E-state index in [1.807, 2.05) is 24.3 Å². The number of benzene rings is 1. The summed E-state index contributed by atoms with van der Waals surface area (Å²) in [4.78, 5) is 52.4. The van der Waals surface area contributed by atoms with Crippen molar-refractivity contribution in [1.29, 1.82) is 0 Å². The zero-order valence-electron chi connectivity index (χ0n) is 22.2. The zero-order valence-corrected chi connectivity index (χ0v) is 22.2. The first-order chi connectivity index (χ1) is 19.4. The number of rotatable bonds is 8. The third-order valence-corrected chi connectivity index (χ3v) is 7.75. The van der Waals surface area contributed by atoms with E-state index < -0.39 is 5.97 Å². The molecule has 12 nitrogen and oxygen atoms in total. The van der Waals surface area contributed by atoms with Crippen LogP contribution < -0.4 is 10.9 Å². The number of hydrogen-bond donors (Lipinski definition) is 3. The second-order valence-electron chi connectivity index (χ2n) is 10.5. The number of likely N-dealkylation sites (tertiary alicyclic amines) is 2. The molecule has 3 aromatic rings. The lowest BCUT2D eigenvalue weighted by Gasteiger charge is -2.31. The normalized spacial score (nSPS) is 17.0. The number of aromatic amines is 1. The Kier molecular flexibility index (Phi) is 8.31. The van der Waals surface area contributed by atoms with Gasteiger partial charge < -0.3 is 20.2 Å². The van der Waals surface area contributed by atoms with Gasteiger partial charge in [0.25, 0.3) is 12.1 Å². The molecule has 2 saturated heterocycles. The second kappa shape index (κ2) is 12.2. The Hall–Kier alpha value is -4.37. The first kappa shape index (κ1) is 27.2. The van der Waals surface area contributed by atoms with Crippen LogP contribution in [0.2, 0.25) is 0 Å².